The van der Waals surface area contributed by atoms with Gasteiger partial charge in [-0.2, -0.15) is 0 Å². The van der Waals surface area contributed by atoms with Crippen molar-refractivity contribution in [3.8, 4) is 28.7 Å². The summed E-state index contributed by atoms with van der Waals surface area (Å²) in [5.41, 5.74) is 4.63. The van der Waals surface area contributed by atoms with Crippen molar-refractivity contribution in [3.05, 3.63) is 82.6 Å². The summed E-state index contributed by atoms with van der Waals surface area (Å²) in [6.07, 6.45) is 1.81. The minimum Gasteiger partial charge on any atom is -0.492 e. The molecule has 0 bridgehead atoms. The van der Waals surface area contributed by atoms with Gasteiger partial charge in [0.15, 0.2) is 0 Å². The smallest absolute Gasteiger partial charge is 0.122 e. The van der Waals surface area contributed by atoms with E-state index in [1.807, 2.05) is 67.7 Å². The third-order valence-electron chi connectivity index (χ3n) is 4.68. The van der Waals surface area contributed by atoms with Crippen LogP contribution in [-0.4, -0.2) is 47.6 Å². The molecule has 0 atom stereocenters. The van der Waals surface area contributed by atoms with E-state index in [-0.39, 0.29) is 19.3 Å². The minimum atomic E-state index is -0.323. The normalized spacial score (nSPS) is 10.6. The second-order valence-electron chi connectivity index (χ2n) is 7.03. The first kappa shape index (κ1) is 22.8. The first-order valence-corrected chi connectivity index (χ1v) is 10.4. The third kappa shape index (κ3) is 6.81. The van der Waals surface area contributed by atoms with Crippen molar-refractivity contribution >= 4 is 11.6 Å². The van der Waals surface area contributed by atoms with Crippen LogP contribution in [-0.2, 0) is 0 Å². The van der Waals surface area contributed by atoms with Gasteiger partial charge in [-0.05, 0) is 60.4 Å². The molecule has 0 aliphatic carbocycles. The number of nitrogens with one attached hydrogen (secondary N) is 1. The molecule has 0 spiro atoms. The molecule has 31 heavy (non-hydrogen) atoms. The van der Waals surface area contributed by atoms with Gasteiger partial charge in [0.25, 0.3) is 0 Å². The molecule has 0 saturated carbocycles. The van der Waals surface area contributed by atoms with E-state index >= 15 is 0 Å². The van der Waals surface area contributed by atoms with Crippen LogP contribution in [0.15, 0.2) is 60.8 Å². The lowest BCUT2D eigenvalue weighted by atomic mass is 10.1. The van der Waals surface area contributed by atoms with E-state index in [4.69, 9.17) is 26.6 Å². The number of aromatic nitrogens is 1. The Balaban J connectivity index is 1.58. The SMILES string of the molecule is Cc1cc(C#Cc2ccc(-c3ccc(Cl)cc3)cn2)ccc1OCCNC(CO)CO. The van der Waals surface area contributed by atoms with Crippen LogP contribution in [0.4, 0.5) is 0 Å². The van der Waals surface area contributed by atoms with Gasteiger partial charge in [-0.1, -0.05) is 35.7 Å². The summed E-state index contributed by atoms with van der Waals surface area (Å²) in [5, 5.41) is 21.8. The van der Waals surface area contributed by atoms with E-state index in [1.165, 1.54) is 0 Å². The zero-order valence-electron chi connectivity index (χ0n) is 17.3. The number of benzene rings is 2. The minimum absolute atomic E-state index is 0.110. The summed E-state index contributed by atoms with van der Waals surface area (Å²) >= 11 is 5.94. The van der Waals surface area contributed by atoms with Gasteiger partial charge < -0.3 is 20.3 Å². The highest BCUT2D eigenvalue weighted by Gasteiger charge is 2.05. The van der Waals surface area contributed by atoms with Gasteiger partial charge in [-0.15, -0.1) is 0 Å². The van der Waals surface area contributed by atoms with Crippen molar-refractivity contribution in [2.24, 2.45) is 0 Å². The molecule has 160 valence electrons. The number of aliphatic hydroxyl groups is 2. The standard InChI is InChI=1S/C25H25ClN2O3/c1-18-14-19(3-11-25(18)31-13-12-27-24(16-29)17-30)2-9-23-10-6-21(15-28-23)20-4-7-22(26)8-5-20/h3-8,10-11,14-15,24,27,29-30H,12-13,16-17H2,1H3. The van der Waals surface area contributed by atoms with E-state index in [2.05, 4.69) is 22.1 Å². The Kier molecular flexibility index (Phi) is 8.45. The molecule has 3 aromatic rings. The largest absolute Gasteiger partial charge is 0.492 e. The Hall–Kier alpha value is -2.88. The Morgan fingerprint density at radius 2 is 1.74 bits per heavy atom. The molecule has 0 radical (unpaired) electrons. The summed E-state index contributed by atoms with van der Waals surface area (Å²) < 4.78 is 5.76. The zero-order valence-corrected chi connectivity index (χ0v) is 18.1. The Morgan fingerprint density at radius 3 is 2.39 bits per heavy atom. The summed E-state index contributed by atoms with van der Waals surface area (Å²) in [5.74, 6) is 7.01. The maximum atomic E-state index is 9.04. The molecule has 0 amide bonds. The second-order valence-corrected chi connectivity index (χ2v) is 7.47. The van der Waals surface area contributed by atoms with Crippen molar-refractivity contribution in [1.29, 1.82) is 0 Å². The predicted octanol–water partition coefficient (Wildman–Crippen LogP) is 3.43. The van der Waals surface area contributed by atoms with Crippen LogP contribution in [0.25, 0.3) is 11.1 Å². The van der Waals surface area contributed by atoms with Crippen LogP contribution in [0, 0.1) is 18.8 Å². The van der Waals surface area contributed by atoms with Gasteiger partial charge in [-0.3, -0.25) is 0 Å². The van der Waals surface area contributed by atoms with Gasteiger partial charge in [0.2, 0.25) is 0 Å². The fraction of sp³-hybridized carbons (Fsp3) is 0.240. The van der Waals surface area contributed by atoms with E-state index < -0.39 is 0 Å². The van der Waals surface area contributed by atoms with Gasteiger partial charge in [0.1, 0.15) is 18.1 Å². The van der Waals surface area contributed by atoms with Crippen molar-refractivity contribution < 1.29 is 14.9 Å². The van der Waals surface area contributed by atoms with Gasteiger partial charge in [-0.25, -0.2) is 4.98 Å². The average Bonchev–Trinajstić information content (AvgIpc) is 2.80. The number of nitrogens with zero attached hydrogens (tertiary/aromatic N) is 1. The van der Waals surface area contributed by atoms with Crippen LogP contribution < -0.4 is 10.1 Å². The van der Waals surface area contributed by atoms with Crippen LogP contribution in [0.1, 0.15) is 16.8 Å². The van der Waals surface area contributed by atoms with E-state index in [9.17, 15) is 0 Å². The predicted molar refractivity (Wildman–Crippen MR) is 123 cm³/mol. The number of ether oxygens (including phenoxy) is 1. The van der Waals surface area contributed by atoms with Crippen molar-refractivity contribution in [2.45, 2.75) is 13.0 Å². The number of pyridine rings is 1. The van der Waals surface area contributed by atoms with Crippen LogP contribution >= 0.6 is 11.6 Å². The van der Waals surface area contributed by atoms with Gasteiger partial charge in [0, 0.05) is 28.9 Å². The molecule has 6 heteroatoms. The molecule has 1 heterocycles. The summed E-state index contributed by atoms with van der Waals surface area (Å²) in [7, 11) is 0. The topological polar surface area (TPSA) is 74.6 Å². The molecule has 3 N–H and O–H groups in total. The molecule has 0 unspecified atom stereocenters. The number of hydrogen-bond acceptors (Lipinski definition) is 5. The number of aliphatic hydroxyl groups excluding tert-OH is 2. The molecular weight excluding hydrogens is 412 g/mol. The second kappa shape index (κ2) is 11.5. The molecular formula is C25H25ClN2O3. The zero-order chi connectivity index (χ0) is 22.1. The number of hydrogen-bond donors (Lipinski definition) is 3. The van der Waals surface area contributed by atoms with E-state index in [0.717, 1.165) is 28.0 Å². The lowest BCUT2D eigenvalue weighted by Crippen LogP contribution is -2.38. The molecule has 0 fully saturated rings. The Labute approximate surface area is 187 Å². The Morgan fingerprint density at radius 1 is 1.00 bits per heavy atom. The van der Waals surface area contributed by atoms with Crippen LogP contribution in [0.2, 0.25) is 5.02 Å². The fourth-order valence-electron chi connectivity index (χ4n) is 2.92. The molecule has 1 aromatic heterocycles. The van der Waals surface area contributed by atoms with Crippen LogP contribution in [0.3, 0.4) is 0 Å². The van der Waals surface area contributed by atoms with E-state index in [0.29, 0.717) is 23.9 Å². The lowest BCUT2D eigenvalue weighted by Gasteiger charge is -2.14. The van der Waals surface area contributed by atoms with Crippen molar-refractivity contribution in [3.63, 3.8) is 0 Å². The molecule has 0 aliphatic rings. The summed E-state index contributed by atoms with van der Waals surface area (Å²) in [4.78, 5) is 4.44. The summed E-state index contributed by atoms with van der Waals surface area (Å²) in [6, 6.07) is 17.0. The maximum absolute atomic E-state index is 9.04. The fourth-order valence-corrected chi connectivity index (χ4v) is 3.04. The molecule has 2 aromatic carbocycles. The van der Waals surface area contributed by atoms with Crippen LogP contribution in [0.5, 0.6) is 5.75 Å². The highest BCUT2D eigenvalue weighted by molar-refractivity contribution is 6.30. The average molecular weight is 437 g/mol. The Bertz CT molecular complexity index is 1040. The molecule has 0 saturated heterocycles. The number of aryl methyl sites for hydroxylation is 1. The molecule has 5 nitrogen and oxygen atoms in total. The monoisotopic (exact) mass is 436 g/mol. The lowest BCUT2D eigenvalue weighted by molar-refractivity contribution is 0.166. The number of rotatable bonds is 8. The van der Waals surface area contributed by atoms with Gasteiger partial charge in [0.05, 0.1) is 19.3 Å². The summed E-state index contributed by atoms with van der Waals surface area (Å²) in [6.45, 7) is 2.72. The maximum Gasteiger partial charge on any atom is 0.122 e. The highest BCUT2D eigenvalue weighted by Crippen LogP contribution is 2.21. The third-order valence-corrected chi connectivity index (χ3v) is 4.94. The molecule has 3 rings (SSSR count). The van der Waals surface area contributed by atoms with Crippen molar-refractivity contribution in [1.82, 2.24) is 10.3 Å². The van der Waals surface area contributed by atoms with E-state index in [1.54, 1.807) is 0 Å². The van der Waals surface area contributed by atoms with Crippen molar-refractivity contribution in [2.75, 3.05) is 26.4 Å². The quantitative estimate of drug-likeness (QED) is 0.372. The molecule has 0 aliphatic heterocycles. The number of halogens is 1. The first-order valence-electron chi connectivity index (χ1n) is 10.0. The van der Waals surface area contributed by atoms with Gasteiger partial charge >= 0.3 is 0 Å². The first-order chi connectivity index (χ1) is 15.1. The highest BCUT2D eigenvalue weighted by atomic mass is 35.5.